The maximum Gasteiger partial charge on any atom is 0.244 e. The number of nitriles is 2. The minimum absolute atomic E-state index is 0.629. The van der Waals surface area contributed by atoms with Crippen molar-refractivity contribution in [3.63, 3.8) is 0 Å². The molecule has 0 aromatic heterocycles. The van der Waals surface area contributed by atoms with Gasteiger partial charge < -0.3 is 0 Å². The van der Waals surface area contributed by atoms with Crippen molar-refractivity contribution in [2.45, 2.75) is 5.92 Å². The van der Waals surface area contributed by atoms with Gasteiger partial charge in [-0.15, -0.1) is 0 Å². The van der Waals surface area contributed by atoms with Crippen molar-refractivity contribution < 1.29 is 9.59 Å². The van der Waals surface area contributed by atoms with Crippen LogP contribution in [0.1, 0.15) is 11.5 Å². The Balaban J connectivity index is 2.50. The fourth-order valence-electron chi connectivity index (χ4n) is 2.14. The topological polar surface area (TPSA) is 93.8 Å². The lowest BCUT2D eigenvalue weighted by Crippen LogP contribution is -2.49. The van der Waals surface area contributed by atoms with Crippen LogP contribution in [0.3, 0.4) is 0 Å². The summed E-state index contributed by atoms with van der Waals surface area (Å²) in [6.45, 7) is 0. The fourth-order valence-corrected chi connectivity index (χ4v) is 2.41. The van der Waals surface area contributed by atoms with Crippen LogP contribution >= 0.6 is 15.9 Å². The summed E-state index contributed by atoms with van der Waals surface area (Å²) in [6, 6.07) is 10.6. The molecule has 2 atom stereocenters. The molecule has 1 aromatic rings. The second kappa shape index (κ2) is 5.21. The van der Waals surface area contributed by atoms with E-state index in [9.17, 15) is 9.59 Å². The fraction of sp³-hybridized carbons (Fsp3) is 0.231. The van der Waals surface area contributed by atoms with Gasteiger partial charge in [-0.25, -0.2) is 0 Å². The Bertz CT molecular complexity index is 580. The highest BCUT2D eigenvalue weighted by molar-refractivity contribution is 9.10. The zero-order chi connectivity index (χ0) is 14.0. The molecule has 5 nitrogen and oxygen atoms in total. The number of nitrogens with one attached hydrogen (secondary N) is 1. The maximum atomic E-state index is 11.7. The molecule has 1 aliphatic heterocycles. The molecule has 19 heavy (non-hydrogen) atoms. The Morgan fingerprint density at radius 3 is 1.89 bits per heavy atom. The number of rotatable bonds is 1. The molecule has 2 unspecified atom stereocenters. The molecule has 6 heteroatoms. The van der Waals surface area contributed by atoms with Gasteiger partial charge in [0.25, 0.3) is 0 Å². The normalized spacial score (nSPS) is 26.2. The average Bonchev–Trinajstić information content (AvgIpc) is 2.39. The molecule has 0 saturated carbocycles. The molecule has 1 aliphatic rings. The first-order chi connectivity index (χ1) is 9.08. The second-order valence-electron chi connectivity index (χ2n) is 4.14. The third-order valence-electron chi connectivity index (χ3n) is 3.06. The van der Waals surface area contributed by atoms with Crippen LogP contribution in [0.4, 0.5) is 0 Å². The number of nitrogens with zero attached hydrogens (tertiary/aromatic N) is 2. The number of imide groups is 1. The first kappa shape index (κ1) is 13.3. The quantitative estimate of drug-likeness (QED) is 0.793. The van der Waals surface area contributed by atoms with Crippen molar-refractivity contribution in [1.82, 2.24) is 5.32 Å². The molecule has 2 rings (SSSR count). The molecule has 1 N–H and O–H groups in total. The molecular formula is C13H8BrN3O2. The van der Waals surface area contributed by atoms with Crippen LogP contribution in [0.2, 0.25) is 0 Å². The molecule has 1 saturated heterocycles. The van der Waals surface area contributed by atoms with Gasteiger partial charge in [0.15, 0.2) is 0 Å². The van der Waals surface area contributed by atoms with E-state index in [2.05, 4.69) is 21.2 Å². The summed E-state index contributed by atoms with van der Waals surface area (Å²) >= 11 is 3.28. The molecule has 0 radical (unpaired) electrons. The van der Waals surface area contributed by atoms with Crippen LogP contribution in [0, 0.1) is 34.5 Å². The smallest absolute Gasteiger partial charge is 0.244 e. The second-order valence-corrected chi connectivity index (χ2v) is 5.06. The van der Waals surface area contributed by atoms with Crippen LogP contribution in [0.5, 0.6) is 0 Å². The number of carbonyl (C=O) groups is 2. The van der Waals surface area contributed by atoms with Gasteiger partial charge in [0.05, 0.1) is 12.1 Å². The Hall–Kier alpha value is -2.18. The van der Waals surface area contributed by atoms with E-state index >= 15 is 0 Å². The summed E-state index contributed by atoms with van der Waals surface area (Å²) in [7, 11) is 0. The summed E-state index contributed by atoms with van der Waals surface area (Å²) < 4.78 is 0.838. The minimum Gasteiger partial charge on any atom is -0.294 e. The summed E-state index contributed by atoms with van der Waals surface area (Å²) in [6.07, 6.45) is 0. The number of amides is 2. The monoisotopic (exact) mass is 317 g/mol. The number of hydrogen-bond donors (Lipinski definition) is 1. The van der Waals surface area contributed by atoms with Crippen molar-refractivity contribution in [1.29, 1.82) is 10.5 Å². The van der Waals surface area contributed by atoms with Crippen molar-refractivity contribution in [3.05, 3.63) is 34.3 Å². The van der Waals surface area contributed by atoms with E-state index in [0.29, 0.717) is 5.56 Å². The molecule has 1 heterocycles. The number of hydrogen-bond acceptors (Lipinski definition) is 4. The molecule has 2 amide bonds. The van der Waals surface area contributed by atoms with Crippen LogP contribution in [0.15, 0.2) is 28.7 Å². The van der Waals surface area contributed by atoms with Gasteiger partial charge in [0.1, 0.15) is 11.8 Å². The zero-order valence-corrected chi connectivity index (χ0v) is 11.2. The van der Waals surface area contributed by atoms with Crippen LogP contribution in [-0.2, 0) is 9.59 Å². The van der Waals surface area contributed by atoms with Crippen LogP contribution in [-0.4, -0.2) is 11.8 Å². The lowest BCUT2D eigenvalue weighted by atomic mass is 9.74. The van der Waals surface area contributed by atoms with E-state index in [1.807, 2.05) is 12.1 Å². The number of halogens is 1. The van der Waals surface area contributed by atoms with E-state index in [1.54, 1.807) is 24.3 Å². The Labute approximate surface area is 118 Å². The third-order valence-corrected chi connectivity index (χ3v) is 3.59. The highest BCUT2D eigenvalue weighted by Gasteiger charge is 2.45. The first-order valence-corrected chi connectivity index (χ1v) is 6.27. The van der Waals surface area contributed by atoms with Gasteiger partial charge in [0.2, 0.25) is 11.8 Å². The summed E-state index contributed by atoms with van der Waals surface area (Å²) in [5.74, 6) is -4.10. The van der Waals surface area contributed by atoms with Crippen LogP contribution < -0.4 is 5.32 Å². The van der Waals surface area contributed by atoms with Gasteiger partial charge in [-0.1, -0.05) is 28.1 Å². The molecular weight excluding hydrogens is 310 g/mol. The van der Waals surface area contributed by atoms with E-state index in [0.717, 1.165) is 4.47 Å². The van der Waals surface area contributed by atoms with Gasteiger partial charge in [-0.3, -0.25) is 14.9 Å². The Morgan fingerprint density at radius 1 is 1.00 bits per heavy atom. The molecule has 94 valence electrons. The average molecular weight is 318 g/mol. The summed E-state index contributed by atoms with van der Waals surface area (Å²) in [5, 5.41) is 20.3. The van der Waals surface area contributed by atoms with Crippen molar-refractivity contribution in [2.24, 2.45) is 11.8 Å². The SMILES string of the molecule is N#CC1C(=O)NC(=O)C(C#N)C1c1ccc(Br)cc1. The minimum atomic E-state index is -1.04. The highest BCUT2D eigenvalue weighted by atomic mass is 79.9. The third kappa shape index (κ3) is 2.35. The van der Waals surface area contributed by atoms with Gasteiger partial charge in [-0.05, 0) is 17.7 Å². The Kier molecular flexibility index (Phi) is 3.64. The van der Waals surface area contributed by atoms with Crippen LogP contribution in [0.25, 0.3) is 0 Å². The standard InChI is InChI=1S/C13H8BrN3O2/c14-8-3-1-7(2-4-8)11-9(5-15)12(18)17-13(19)10(11)6-16/h1-4,9-11H,(H,17,18,19). The number of piperidine rings is 1. The molecule has 0 spiro atoms. The van der Waals surface area contributed by atoms with E-state index in [1.165, 1.54) is 0 Å². The maximum absolute atomic E-state index is 11.7. The number of carbonyl (C=O) groups excluding carboxylic acids is 2. The summed E-state index contributed by atoms with van der Waals surface area (Å²) in [4.78, 5) is 23.3. The molecule has 1 aromatic carbocycles. The number of benzene rings is 1. The first-order valence-electron chi connectivity index (χ1n) is 5.48. The van der Waals surface area contributed by atoms with E-state index in [4.69, 9.17) is 10.5 Å². The lowest BCUT2D eigenvalue weighted by Gasteiger charge is -2.29. The lowest BCUT2D eigenvalue weighted by molar-refractivity contribution is -0.137. The molecule has 0 aliphatic carbocycles. The zero-order valence-electron chi connectivity index (χ0n) is 9.63. The van der Waals surface area contributed by atoms with Gasteiger partial charge in [-0.2, -0.15) is 10.5 Å². The highest BCUT2D eigenvalue weighted by Crippen LogP contribution is 2.35. The Morgan fingerprint density at radius 2 is 1.47 bits per heavy atom. The van der Waals surface area contributed by atoms with Gasteiger partial charge in [0, 0.05) is 10.4 Å². The van der Waals surface area contributed by atoms with Crippen molar-refractivity contribution in [2.75, 3.05) is 0 Å². The van der Waals surface area contributed by atoms with E-state index in [-0.39, 0.29) is 0 Å². The van der Waals surface area contributed by atoms with Gasteiger partial charge >= 0.3 is 0 Å². The predicted molar refractivity (Wildman–Crippen MR) is 68.2 cm³/mol. The predicted octanol–water partition coefficient (Wildman–Crippen LogP) is 1.47. The van der Waals surface area contributed by atoms with Crippen molar-refractivity contribution >= 4 is 27.7 Å². The summed E-state index contributed by atoms with van der Waals surface area (Å²) in [5.41, 5.74) is 0.629. The molecule has 1 fully saturated rings. The largest absolute Gasteiger partial charge is 0.294 e. The van der Waals surface area contributed by atoms with E-state index < -0.39 is 29.6 Å². The van der Waals surface area contributed by atoms with Crippen molar-refractivity contribution in [3.8, 4) is 12.1 Å². The molecule has 0 bridgehead atoms.